The minimum atomic E-state index is -0.133. The second kappa shape index (κ2) is 6.63. The Kier molecular flexibility index (Phi) is 4.87. The van der Waals surface area contributed by atoms with Crippen LogP contribution >= 0.6 is 0 Å². The third-order valence-electron chi connectivity index (χ3n) is 3.46. The molecule has 1 fully saturated rings. The number of aromatic nitrogens is 1. The van der Waals surface area contributed by atoms with E-state index in [1.165, 1.54) is 0 Å². The monoisotopic (exact) mass is 263 g/mol. The van der Waals surface area contributed by atoms with Gasteiger partial charge in [-0.1, -0.05) is 6.07 Å². The topological polar surface area (TPSA) is 45.7 Å². The van der Waals surface area contributed by atoms with Crippen LogP contribution in [0.5, 0.6) is 0 Å². The molecule has 1 aromatic rings. The Morgan fingerprint density at radius 2 is 2.21 bits per heavy atom. The fourth-order valence-electron chi connectivity index (χ4n) is 2.29. The summed E-state index contributed by atoms with van der Waals surface area (Å²) >= 11 is 0. The number of nitrogens with zero attached hydrogens (tertiary/aromatic N) is 3. The zero-order chi connectivity index (χ0) is 13.7. The van der Waals surface area contributed by atoms with Crippen LogP contribution < -0.4 is 4.90 Å². The van der Waals surface area contributed by atoms with Crippen molar-refractivity contribution in [1.29, 1.82) is 0 Å². The van der Waals surface area contributed by atoms with E-state index in [1.807, 2.05) is 32.0 Å². The van der Waals surface area contributed by atoms with E-state index in [1.54, 1.807) is 11.1 Å². The standard InChI is InChI=1S/C14H21N3O2/c1-3-17(13-6-4-5-7-15-13)14(18)12(2)16-8-10-19-11-9-16/h4-7,12H,3,8-11H2,1-2H3. The summed E-state index contributed by atoms with van der Waals surface area (Å²) in [5.41, 5.74) is 0. The van der Waals surface area contributed by atoms with Crippen molar-refractivity contribution in [3.8, 4) is 0 Å². The molecule has 0 aromatic carbocycles. The molecule has 1 saturated heterocycles. The SMILES string of the molecule is CCN(C(=O)C(C)N1CCOCC1)c1ccccn1. The number of morpholine rings is 1. The van der Waals surface area contributed by atoms with Crippen LogP contribution in [0.4, 0.5) is 5.82 Å². The van der Waals surface area contributed by atoms with Gasteiger partial charge in [0.15, 0.2) is 0 Å². The maximum absolute atomic E-state index is 12.6. The number of carbonyl (C=O) groups is 1. The highest BCUT2D eigenvalue weighted by Crippen LogP contribution is 2.13. The molecular formula is C14H21N3O2. The molecule has 1 atom stereocenters. The van der Waals surface area contributed by atoms with Crippen molar-refractivity contribution >= 4 is 11.7 Å². The van der Waals surface area contributed by atoms with Crippen molar-refractivity contribution < 1.29 is 9.53 Å². The number of likely N-dealkylation sites (N-methyl/N-ethyl adjacent to an activating group) is 1. The molecule has 1 unspecified atom stereocenters. The lowest BCUT2D eigenvalue weighted by atomic mass is 10.2. The van der Waals surface area contributed by atoms with Gasteiger partial charge in [0.25, 0.3) is 0 Å². The van der Waals surface area contributed by atoms with Gasteiger partial charge in [0.05, 0.1) is 19.3 Å². The Hall–Kier alpha value is -1.46. The number of amides is 1. The summed E-state index contributed by atoms with van der Waals surface area (Å²) in [5.74, 6) is 0.818. The fourth-order valence-corrected chi connectivity index (χ4v) is 2.29. The largest absolute Gasteiger partial charge is 0.379 e. The Bertz CT molecular complexity index is 404. The highest BCUT2D eigenvalue weighted by Gasteiger charge is 2.27. The normalized spacial score (nSPS) is 18.0. The third-order valence-corrected chi connectivity index (χ3v) is 3.46. The van der Waals surface area contributed by atoms with Crippen molar-refractivity contribution in [2.45, 2.75) is 19.9 Å². The zero-order valence-corrected chi connectivity index (χ0v) is 11.6. The van der Waals surface area contributed by atoms with E-state index >= 15 is 0 Å². The van der Waals surface area contributed by atoms with E-state index in [-0.39, 0.29) is 11.9 Å². The van der Waals surface area contributed by atoms with Crippen LogP contribution in [0.1, 0.15) is 13.8 Å². The Morgan fingerprint density at radius 3 is 2.79 bits per heavy atom. The van der Waals surface area contributed by atoms with E-state index in [0.717, 1.165) is 18.9 Å². The number of hydrogen-bond donors (Lipinski definition) is 0. The molecule has 1 aromatic heterocycles. The van der Waals surface area contributed by atoms with Gasteiger partial charge in [-0.05, 0) is 26.0 Å². The lowest BCUT2D eigenvalue weighted by Gasteiger charge is -2.34. The predicted molar refractivity (Wildman–Crippen MR) is 74.1 cm³/mol. The molecular weight excluding hydrogens is 242 g/mol. The minimum absolute atomic E-state index is 0.100. The van der Waals surface area contributed by atoms with Crippen molar-refractivity contribution in [2.24, 2.45) is 0 Å². The zero-order valence-electron chi connectivity index (χ0n) is 11.6. The summed E-state index contributed by atoms with van der Waals surface area (Å²) in [5, 5.41) is 0. The average molecular weight is 263 g/mol. The van der Waals surface area contributed by atoms with E-state index in [0.29, 0.717) is 19.8 Å². The van der Waals surface area contributed by atoms with Gasteiger partial charge in [0.2, 0.25) is 5.91 Å². The molecule has 5 heteroatoms. The summed E-state index contributed by atoms with van der Waals surface area (Å²) in [6, 6.07) is 5.49. The van der Waals surface area contributed by atoms with Gasteiger partial charge in [-0.2, -0.15) is 0 Å². The molecule has 0 N–H and O–H groups in total. The fraction of sp³-hybridized carbons (Fsp3) is 0.571. The van der Waals surface area contributed by atoms with Gasteiger partial charge < -0.3 is 4.74 Å². The van der Waals surface area contributed by atoms with Gasteiger partial charge >= 0.3 is 0 Å². The predicted octanol–water partition coefficient (Wildman–Crippen LogP) is 1.16. The molecule has 0 bridgehead atoms. The number of rotatable bonds is 4. The molecule has 2 heterocycles. The maximum Gasteiger partial charge on any atom is 0.245 e. The number of anilines is 1. The Morgan fingerprint density at radius 1 is 1.47 bits per heavy atom. The van der Waals surface area contributed by atoms with Crippen LogP contribution in [0.3, 0.4) is 0 Å². The van der Waals surface area contributed by atoms with E-state index < -0.39 is 0 Å². The van der Waals surface area contributed by atoms with Crippen molar-refractivity contribution in [2.75, 3.05) is 37.7 Å². The van der Waals surface area contributed by atoms with Crippen LogP contribution in [0.25, 0.3) is 0 Å². The summed E-state index contributed by atoms with van der Waals surface area (Å²) in [6.45, 7) is 7.59. The molecule has 1 aliphatic rings. The first-order valence-electron chi connectivity index (χ1n) is 6.78. The van der Waals surface area contributed by atoms with E-state index in [2.05, 4.69) is 9.88 Å². The highest BCUT2D eigenvalue weighted by molar-refractivity contribution is 5.96. The molecule has 5 nitrogen and oxygen atoms in total. The molecule has 104 valence electrons. The second-order valence-electron chi connectivity index (χ2n) is 4.59. The Labute approximate surface area is 114 Å². The Balaban J connectivity index is 2.07. The van der Waals surface area contributed by atoms with Crippen LogP contribution in [0.15, 0.2) is 24.4 Å². The molecule has 19 heavy (non-hydrogen) atoms. The first-order valence-corrected chi connectivity index (χ1v) is 6.78. The van der Waals surface area contributed by atoms with Crippen LogP contribution in [-0.4, -0.2) is 54.7 Å². The second-order valence-corrected chi connectivity index (χ2v) is 4.59. The first kappa shape index (κ1) is 14.0. The summed E-state index contributed by atoms with van der Waals surface area (Å²) in [4.78, 5) is 20.7. The number of pyridine rings is 1. The van der Waals surface area contributed by atoms with Gasteiger partial charge in [-0.25, -0.2) is 4.98 Å². The van der Waals surface area contributed by atoms with E-state index in [4.69, 9.17) is 4.74 Å². The van der Waals surface area contributed by atoms with Crippen LogP contribution in [-0.2, 0) is 9.53 Å². The van der Waals surface area contributed by atoms with Gasteiger partial charge in [0.1, 0.15) is 5.82 Å². The van der Waals surface area contributed by atoms with Gasteiger partial charge in [-0.3, -0.25) is 14.6 Å². The molecule has 1 amide bonds. The molecule has 1 aliphatic heterocycles. The molecule has 0 aliphatic carbocycles. The molecule has 2 rings (SSSR count). The number of hydrogen-bond acceptors (Lipinski definition) is 4. The summed E-state index contributed by atoms with van der Waals surface area (Å²) in [6.07, 6.45) is 1.71. The van der Waals surface area contributed by atoms with E-state index in [9.17, 15) is 4.79 Å². The quantitative estimate of drug-likeness (QED) is 0.817. The summed E-state index contributed by atoms with van der Waals surface area (Å²) < 4.78 is 5.32. The summed E-state index contributed by atoms with van der Waals surface area (Å²) in [7, 11) is 0. The highest BCUT2D eigenvalue weighted by atomic mass is 16.5. The van der Waals surface area contributed by atoms with Crippen molar-refractivity contribution in [3.63, 3.8) is 0 Å². The lowest BCUT2D eigenvalue weighted by Crippen LogP contribution is -2.51. The number of ether oxygens (including phenoxy) is 1. The average Bonchev–Trinajstić information content (AvgIpc) is 2.49. The number of carbonyl (C=O) groups excluding carboxylic acids is 1. The molecule has 0 spiro atoms. The van der Waals surface area contributed by atoms with Gasteiger partial charge in [-0.15, -0.1) is 0 Å². The first-order chi connectivity index (χ1) is 9.24. The van der Waals surface area contributed by atoms with Crippen LogP contribution in [0, 0.1) is 0 Å². The van der Waals surface area contributed by atoms with Crippen molar-refractivity contribution in [1.82, 2.24) is 9.88 Å². The van der Waals surface area contributed by atoms with Crippen LogP contribution in [0.2, 0.25) is 0 Å². The smallest absolute Gasteiger partial charge is 0.245 e. The van der Waals surface area contributed by atoms with Crippen molar-refractivity contribution in [3.05, 3.63) is 24.4 Å². The minimum Gasteiger partial charge on any atom is -0.379 e. The third kappa shape index (κ3) is 3.30. The maximum atomic E-state index is 12.6. The molecule has 0 radical (unpaired) electrons. The molecule has 0 saturated carbocycles. The van der Waals surface area contributed by atoms with Gasteiger partial charge in [0, 0.05) is 25.8 Å². The lowest BCUT2D eigenvalue weighted by molar-refractivity contribution is -0.124.